The highest BCUT2D eigenvalue weighted by molar-refractivity contribution is 5.58. The van der Waals surface area contributed by atoms with Crippen molar-refractivity contribution in [3.63, 3.8) is 0 Å². The Morgan fingerprint density at radius 3 is 2.53 bits per heavy atom. The molecular weight excluding hydrogens is 207 g/mol. The summed E-state index contributed by atoms with van der Waals surface area (Å²) in [4.78, 5) is 0. The minimum atomic E-state index is -4.74. The molecule has 1 aromatic carbocycles. The Kier molecular flexibility index (Phi) is 3.00. The second-order valence-corrected chi connectivity index (χ2v) is 2.62. The molecule has 0 aliphatic heterocycles. The maximum absolute atomic E-state index is 11.9. The highest BCUT2D eigenvalue weighted by atomic mass is 19.4. The Balaban J connectivity index is 3.10. The van der Waals surface area contributed by atoms with Crippen molar-refractivity contribution in [2.75, 3.05) is 0 Å². The van der Waals surface area contributed by atoms with Gasteiger partial charge in [0, 0.05) is 5.56 Å². The zero-order valence-electron chi connectivity index (χ0n) is 7.51. The lowest BCUT2D eigenvalue weighted by atomic mass is 10.1. The van der Waals surface area contributed by atoms with Crippen LogP contribution in [0.1, 0.15) is 11.1 Å². The fourth-order valence-corrected chi connectivity index (χ4v) is 0.995. The van der Waals surface area contributed by atoms with Crippen molar-refractivity contribution in [3.8, 4) is 11.8 Å². The molecule has 0 aromatic heterocycles. The van der Waals surface area contributed by atoms with Crippen molar-refractivity contribution in [3.05, 3.63) is 35.9 Å². The van der Waals surface area contributed by atoms with E-state index in [2.05, 4.69) is 11.3 Å². The molecule has 0 amide bonds. The van der Waals surface area contributed by atoms with E-state index in [1.54, 1.807) is 0 Å². The van der Waals surface area contributed by atoms with Crippen molar-refractivity contribution in [2.45, 2.75) is 6.36 Å². The van der Waals surface area contributed by atoms with Crippen LogP contribution in [0.5, 0.6) is 5.75 Å². The molecule has 1 rings (SSSR count). The van der Waals surface area contributed by atoms with E-state index in [0.29, 0.717) is 0 Å². The monoisotopic (exact) mass is 213 g/mol. The molecule has 0 aliphatic rings. The van der Waals surface area contributed by atoms with Crippen LogP contribution in [0.3, 0.4) is 0 Å². The predicted molar refractivity (Wildman–Crippen MR) is 47.9 cm³/mol. The van der Waals surface area contributed by atoms with Crippen LogP contribution in [-0.2, 0) is 0 Å². The van der Waals surface area contributed by atoms with Gasteiger partial charge in [-0.2, -0.15) is 5.26 Å². The van der Waals surface area contributed by atoms with Crippen LogP contribution < -0.4 is 4.74 Å². The number of rotatable bonds is 2. The molecule has 0 unspecified atom stereocenters. The number of hydrogen-bond donors (Lipinski definition) is 0. The van der Waals surface area contributed by atoms with Gasteiger partial charge in [-0.15, -0.1) is 13.2 Å². The highest BCUT2D eigenvalue weighted by Gasteiger charge is 2.31. The summed E-state index contributed by atoms with van der Waals surface area (Å²) in [6, 6.07) is 5.41. The molecule has 0 N–H and O–H groups in total. The van der Waals surface area contributed by atoms with Crippen molar-refractivity contribution in [1.29, 1.82) is 5.26 Å². The fourth-order valence-electron chi connectivity index (χ4n) is 0.995. The number of benzene rings is 1. The lowest BCUT2D eigenvalue weighted by molar-refractivity contribution is -0.274. The summed E-state index contributed by atoms with van der Waals surface area (Å²) in [5.74, 6) is -0.364. The Hall–Kier alpha value is -1.96. The molecule has 0 bridgehead atoms. The highest BCUT2D eigenvalue weighted by Crippen LogP contribution is 2.27. The third-order valence-electron chi connectivity index (χ3n) is 1.58. The van der Waals surface area contributed by atoms with Gasteiger partial charge in [-0.05, 0) is 18.2 Å². The summed E-state index contributed by atoms with van der Waals surface area (Å²) in [6.07, 6.45) is -3.55. The maximum atomic E-state index is 11.9. The maximum Gasteiger partial charge on any atom is 0.573 e. The van der Waals surface area contributed by atoms with Crippen LogP contribution >= 0.6 is 0 Å². The fraction of sp³-hybridized carbons (Fsp3) is 0.100. The number of ether oxygens (including phenoxy) is 1. The molecule has 0 saturated carbocycles. The van der Waals surface area contributed by atoms with Gasteiger partial charge >= 0.3 is 6.36 Å². The average Bonchev–Trinajstić information content (AvgIpc) is 2.16. The second-order valence-electron chi connectivity index (χ2n) is 2.62. The molecule has 0 radical (unpaired) electrons. The molecule has 0 atom stereocenters. The smallest absolute Gasteiger partial charge is 0.405 e. The number of nitrogens with zero attached hydrogens (tertiary/aromatic N) is 1. The van der Waals surface area contributed by atoms with Gasteiger partial charge in [0.2, 0.25) is 0 Å². The standard InChI is InChI=1S/C10H6F3NO/c1-2-8-5-7(6-14)3-4-9(8)15-10(11,12)13/h2-5H,1H2. The van der Waals surface area contributed by atoms with Crippen LogP contribution in [0, 0.1) is 11.3 Å². The van der Waals surface area contributed by atoms with E-state index in [1.807, 2.05) is 6.07 Å². The van der Waals surface area contributed by atoms with E-state index in [4.69, 9.17) is 5.26 Å². The van der Waals surface area contributed by atoms with Crippen LogP contribution in [0.4, 0.5) is 13.2 Å². The zero-order valence-corrected chi connectivity index (χ0v) is 7.51. The first kappa shape index (κ1) is 11.1. The van der Waals surface area contributed by atoms with E-state index in [-0.39, 0.29) is 16.9 Å². The Morgan fingerprint density at radius 2 is 2.07 bits per heavy atom. The first-order chi connectivity index (χ1) is 6.96. The number of halogens is 3. The van der Waals surface area contributed by atoms with Crippen LogP contribution in [0.25, 0.3) is 6.08 Å². The predicted octanol–water partition coefficient (Wildman–Crippen LogP) is 3.10. The number of hydrogen-bond acceptors (Lipinski definition) is 2. The van der Waals surface area contributed by atoms with E-state index in [9.17, 15) is 13.2 Å². The number of alkyl halides is 3. The Labute approximate surface area is 84.2 Å². The summed E-state index contributed by atoms with van der Waals surface area (Å²) in [7, 11) is 0. The molecular formula is C10H6F3NO. The summed E-state index contributed by atoms with van der Waals surface area (Å²) in [5.41, 5.74) is 0.380. The van der Waals surface area contributed by atoms with E-state index >= 15 is 0 Å². The Morgan fingerprint density at radius 1 is 1.40 bits per heavy atom. The van der Waals surface area contributed by atoms with Gasteiger partial charge in [0.1, 0.15) is 5.75 Å². The van der Waals surface area contributed by atoms with Crippen molar-refractivity contribution >= 4 is 6.08 Å². The molecule has 78 valence electrons. The van der Waals surface area contributed by atoms with Gasteiger partial charge in [0.05, 0.1) is 11.6 Å². The summed E-state index contributed by atoms with van der Waals surface area (Å²) in [6.45, 7) is 3.34. The molecule has 15 heavy (non-hydrogen) atoms. The molecule has 5 heteroatoms. The summed E-state index contributed by atoms with van der Waals surface area (Å²) >= 11 is 0. The quantitative estimate of drug-likeness (QED) is 0.756. The summed E-state index contributed by atoms with van der Waals surface area (Å²) < 4.78 is 39.5. The number of nitriles is 1. The normalized spacial score (nSPS) is 10.5. The molecule has 0 heterocycles. The van der Waals surface area contributed by atoms with Gasteiger partial charge in [-0.1, -0.05) is 12.7 Å². The SMILES string of the molecule is C=Cc1cc(C#N)ccc1OC(F)(F)F. The summed E-state index contributed by atoms with van der Waals surface area (Å²) in [5, 5.41) is 8.53. The Bertz CT molecular complexity index is 418. The topological polar surface area (TPSA) is 33.0 Å². The van der Waals surface area contributed by atoms with Crippen molar-refractivity contribution in [2.24, 2.45) is 0 Å². The van der Waals surface area contributed by atoms with Gasteiger partial charge in [-0.3, -0.25) is 0 Å². The zero-order chi connectivity index (χ0) is 11.5. The lowest BCUT2D eigenvalue weighted by Gasteiger charge is -2.11. The molecule has 0 aliphatic carbocycles. The van der Waals surface area contributed by atoms with Gasteiger partial charge in [0.25, 0.3) is 0 Å². The van der Waals surface area contributed by atoms with E-state index in [0.717, 1.165) is 6.07 Å². The third kappa shape index (κ3) is 3.02. The first-order valence-corrected chi connectivity index (χ1v) is 3.88. The van der Waals surface area contributed by atoms with Crippen LogP contribution in [0.15, 0.2) is 24.8 Å². The largest absolute Gasteiger partial charge is 0.573 e. The van der Waals surface area contributed by atoms with E-state index < -0.39 is 6.36 Å². The lowest BCUT2D eigenvalue weighted by Crippen LogP contribution is -2.17. The molecule has 0 spiro atoms. The second kappa shape index (κ2) is 4.05. The minimum absolute atomic E-state index is 0.131. The molecule has 1 aromatic rings. The van der Waals surface area contributed by atoms with Crippen molar-refractivity contribution < 1.29 is 17.9 Å². The van der Waals surface area contributed by atoms with Crippen molar-refractivity contribution in [1.82, 2.24) is 0 Å². The van der Waals surface area contributed by atoms with Gasteiger partial charge in [-0.25, -0.2) is 0 Å². The minimum Gasteiger partial charge on any atom is -0.405 e. The average molecular weight is 213 g/mol. The van der Waals surface area contributed by atoms with Crippen LogP contribution in [0.2, 0.25) is 0 Å². The molecule has 0 saturated heterocycles. The third-order valence-corrected chi connectivity index (χ3v) is 1.58. The van der Waals surface area contributed by atoms with Crippen LogP contribution in [-0.4, -0.2) is 6.36 Å². The first-order valence-electron chi connectivity index (χ1n) is 3.88. The molecule has 0 fully saturated rings. The van der Waals surface area contributed by atoms with E-state index in [1.165, 1.54) is 18.2 Å². The molecule has 2 nitrogen and oxygen atoms in total. The van der Waals surface area contributed by atoms with Gasteiger partial charge < -0.3 is 4.74 Å². The van der Waals surface area contributed by atoms with Gasteiger partial charge in [0.15, 0.2) is 0 Å².